The molecular weight excluding hydrogens is 345 g/mol. The van der Waals surface area contributed by atoms with Gasteiger partial charge in [0.2, 0.25) is 5.95 Å². The molecule has 0 bridgehead atoms. The van der Waals surface area contributed by atoms with E-state index in [-0.39, 0.29) is 17.6 Å². The predicted molar refractivity (Wildman–Crippen MR) is 98.2 cm³/mol. The number of rotatable bonds is 3. The number of amides is 1. The van der Waals surface area contributed by atoms with Crippen molar-refractivity contribution in [2.75, 3.05) is 5.32 Å². The molecule has 4 rings (SSSR count). The maximum Gasteiger partial charge on any atom is 0.258 e. The molecule has 0 spiro atoms. The summed E-state index contributed by atoms with van der Waals surface area (Å²) in [5, 5.41) is 2.60. The summed E-state index contributed by atoms with van der Waals surface area (Å²) in [6.45, 7) is 0. The Bertz CT molecular complexity index is 1000. The van der Waals surface area contributed by atoms with Crippen molar-refractivity contribution in [1.29, 1.82) is 0 Å². The van der Waals surface area contributed by atoms with Crippen LogP contribution in [0.4, 0.5) is 10.3 Å². The van der Waals surface area contributed by atoms with Crippen molar-refractivity contribution < 1.29 is 14.0 Å². The van der Waals surface area contributed by atoms with E-state index in [0.29, 0.717) is 29.7 Å². The number of benzene rings is 2. The van der Waals surface area contributed by atoms with Crippen molar-refractivity contribution in [3.63, 3.8) is 0 Å². The molecule has 1 aromatic heterocycles. The minimum absolute atomic E-state index is 0.00140. The van der Waals surface area contributed by atoms with Gasteiger partial charge in [0.05, 0.1) is 11.3 Å². The third-order valence-electron chi connectivity index (χ3n) is 4.64. The lowest BCUT2D eigenvalue weighted by Gasteiger charge is -2.23. The maximum atomic E-state index is 13.0. The molecule has 0 unspecified atom stereocenters. The van der Waals surface area contributed by atoms with Gasteiger partial charge >= 0.3 is 0 Å². The Kier molecular flexibility index (Phi) is 4.46. The number of carbonyl (C=O) groups excluding carboxylic acids is 2. The fourth-order valence-electron chi connectivity index (χ4n) is 3.24. The summed E-state index contributed by atoms with van der Waals surface area (Å²) in [7, 11) is 0. The standard InChI is InChI=1S/C21H16FN3O2/c22-16-8-6-14(7-9-16)20(27)25-21-23-12-17-18(24-21)10-15(11-19(17)26)13-4-2-1-3-5-13/h1-9,12,15H,10-11H2,(H,23,24,25,27)/t15-/m0/s1. The van der Waals surface area contributed by atoms with Crippen molar-refractivity contribution in [3.8, 4) is 0 Å². The SMILES string of the molecule is O=C(Nc1ncc2c(n1)C[C@H](c1ccccc1)CC2=O)c1ccc(F)cc1. The van der Waals surface area contributed by atoms with E-state index in [9.17, 15) is 14.0 Å². The Hall–Kier alpha value is -3.41. The topological polar surface area (TPSA) is 72.0 Å². The van der Waals surface area contributed by atoms with Crippen molar-refractivity contribution in [2.45, 2.75) is 18.8 Å². The summed E-state index contributed by atoms with van der Waals surface area (Å²) in [5.74, 6) is -0.661. The molecule has 1 atom stereocenters. The highest BCUT2D eigenvalue weighted by atomic mass is 19.1. The van der Waals surface area contributed by atoms with Gasteiger partial charge in [0.15, 0.2) is 5.78 Å². The zero-order chi connectivity index (χ0) is 18.8. The first-order valence-electron chi connectivity index (χ1n) is 8.61. The molecule has 1 aliphatic carbocycles. The minimum atomic E-state index is -0.434. The third-order valence-corrected chi connectivity index (χ3v) is 4.64. The van der Waals surface area contributed by atoms with Crippen LogP contribution in [0.3, 0.4) is 0 Å². The van der Waals surface area contributed by atoms with Crippen LogP contribution in [0.5, 0.6) is 0 Å². The average Bonchev–Trinajstić information content (AvgIpc) is 2.69. The first-order chi connectivity index (χ1) is 13.1. The normalized spacial score (nSPS) is 15.9. The Morgan fingerprint density at radius 1 is 1.04 bits per heavy atom. The first kappa shape index (κ1) is 17.0. The summed E-state index contributed by atoms with van der Waals surface area (Å²) in [6.07, 6.45) is 2.49. The largest absolute Gasteiger partial charge is 0.294 e. The smallest absolute Gasteiger partial charge is 0.258 e. The van der Waals surface area contributed by atoms with Crippen molar-refractivity contribution in [1.82, 2.24) is 9.97 Å². The third kappa shape index (κ3) is 3.60. The van der Waals surface area contributed by atoms with E-state index in [1.165, 1.54) is 30.5 Å². The van der Waals surface area contributed by atoms with Gasteiger partial charge in [-0.1, -0.05) is 30.3 Å². The number of aromatic nitrogens is 2. The molecule has 0 radical (unpaired) electrons. The summed E-state index contributed by atoms with van der Waals surface area (Å²) >= 11 is 0. The van der Waals surface area contributed by atoms with Crippen molar-refractivity contribution in [3.05, 3.63) is 89.0 Å². The van der Waals surface area contributed by atoms with Gasteiger partial charge in [0.25, 0.3) is 5.91 Å². The fraction of sp³-hybridized carbons (Fsp3) is 0.143. The molecule has 5 nitrogen and oxygen atoms in total. The van der Waals surface area contributed by atoms with Gasteiger partial charge in [-0.3, -0.25) is 14.9 Å². The van der Waals surface area contributed by atoms with E-state index in [0.717, 1.165) is 5.56 Å². The second-order valence-corrected chi connectivity index (χ2v) is 6.45. The van der Waals surface area contributed by atoms with Gasteiger partial charge in [-0.15, -0.1) is 0 Å². The molecule has 3 aromatic rings. The van der Waals surface area contributed by atoms with E-state index in [1.807, 2.05) is 30.3 Å². The van der Waals surface area contributed by atoms with Crippen LogP contribution in [0.25, 0.3) is 0 Å². The number of nitrogens with zero attached hydrogens (tertiary/aromatic N) is 2. The van der Waals surface area contributed by atoms with Crippen molar-refractivity contribution in [2.24, 2.45) is 0 Å². The summed E-state index contributed by atoms with van der Waals surface area (Å²) < 4.78 is 13.0. The Morgan fingerprint density at radius 2 is 1.78 bits per heavy atom. The molecule has 0 fully saturated rings. The number of hydrogen-bond acceptors (Lipinski definition) is 4. The zero-order valence-electron chi connectivity index (χ0n) is 14.4. The quantitative estimate of drug-likeness (QED) is 0.771. The van der Waals surface area contributed by atoms with Crippen LogP contribution in [0.15, 0.2) is 60.8 Å². The molecule has 0 aliphatic heterocycles. The molecule has 134 valence electrons. The molecule has 0 saturated heterocycles. The number of ketones is 1. The lowest BCUT2D eigenvalue weighted by molar-refractivity contribution is 0.0962. The highest BCUT2D eigenvalue weighted by molar-refractivity contribution is 6.03. The van der Waals surface area contributed by atoms with E-state index < -0.39 is 11.7 Å². The van der Waals surface area contributed by atoms with Crippen LogP contribution in [-0.2, 0) is 6.42 Å². The Balaban J connectivity index is 1.57. The van der Waals surface area contributed by atoms with E-state index >= 15 is 0 Å². The van der Waals surface area contributed by atoms with Crippen LogP contribution in [0.2, 0.25) is 0 Å². The molecule has 27 heavy (non-hydrogen) atoms. The molecule has 2 aromatic carbocycles. The second kappa shape index (κ2) is 7.07. The number of halogens is 1. The number of nitrogens with one attached hydrogen (secondary N) is 1. The van der Waals surface area contributed by atoms with Gasteiger partial charge < -0.3 is 0 Å². The van der Waals surface area contributed by atoms with Crippen LogP contribution in [0, 0.1) is 5.82 Å². The van der Waals surface area contributed by atoms with Gasteiger partial charge in [-0.05, 0) is 42.2 Å². The second-order valence-electron chi connectivity index (χ2n) is 6.45. The summed E-state index contributed by atoms with van der Waals surface area (Å²) in [4.78, 5) is 33.2. The van der Waals surface area contributed by atoms with E-state index in [1.54, 1.807) is 0 Å². The predicted octanol–water partition coefficient (Wildman–Crippen LogP) is 3.78. The van der Waals surface area contributed by atoms with Gasteiger partial charge in [-0.2, -0.15) is 0 Å². The first-order valence-corrected chi connectivity index (χ1v) is 8.61. The molecule has 0 saturated carbocycles. The van der Waals surface area contributed by atoms with Gasteiger partial charge in [-0.25, -0.2) is 14.4 Å². The molecule has 1 amide bonds. The molecular formula is C21H16FN3O2. The Morgan fingerprint density at radius 3 is 2.52 bits per heavy atom. The number of Topliss-reactive ketones (excluding diaryl/α,β-unsaturated/α-hetero) is 1. The van der Waals surface area contributed by atoms with E-state index in [4.69, 9.17) is 0 Å². The van der Waals surface area contributed by atoms with E-state index in [2.05, 4.69) is 15.3 Å². The molecule has 1 heterocycles. The highest BCUT2D eigenvalue weighted by Gasteiger charge is 2.28. The lowest BCUT2D eigenvalue weighted by atomic mass is 9.82. The average molecular weight is 361 g/mol. The molecule has 1 N–H and O–H groups in total. The summed E-state index contributed by atoms with van der Waals surface area (Å²) in [5.41, 5.74) is 2.52. The van der Waals surface area contributed by atoms with Gasteiger partial charge in [0, 0.05) is 18.2 Å². The number of fused-ring (bicyclic) bond motifs is 1. The van der Waals surface area contributed by atoms with Gasteiger partial charge in [0.1, 0.15) is 5.82 Å². The minimum Gasteiger partial charge on any atom is -0.294 e. The van der Waals surface area contributed by atoms with Crippen LogP contribution < -0.4 is 5.32 Å². The molecule has 6 heteroatoms. The monoisotopic (exact) mass is 361 g/mol. The van der Waals surface area contributed by atoms with Crippen LogP contribution in [-0.4, -0.2) is 21.7 Å². The maximum absolute atomic E-state index is 13.0. The van der Waals surface area contributed by atoms with Crippen molar-refractivity contribution >= 4 is 17.6 Å². The number of carbonyl (C=O) groups is 2. The Labute approximate surface area is 155 Å². The molecule has 1 aliphatic rings. The lowest BCUT2D eigenvalue weighted by Crippen LogP contribution is -2.22. The van der Waals surface area contributed by atoms with Crippen LogP contribution in [0.1, 0.15) is 44.3 Å². The van der Waals surface area contributed by atoms with Crippen LogP contribution >= 0.6 is 0 Å². The number of anilines is 1. The highest BCUT2D eigenvalue weighted by Crippen LogP contribution is 2.31. The zero-order valence-corrected chi connectivity index (χ0v) is 14.4. The fourth-order valence-corrected chi connectivity index (χ4v) is 3.24. The summed E-state index contributed by atoms with van der Waals surface area (Å²) in [6, 6.07) is 15.0. The number of hydrogen-bond donors (Lipinski definition) is 1.